The number of benzene rings is 1. The second kappa shape index (κ2) is 17.6. The molecule has 1 aromatic rings. The van der Waals surface area contributed by atoms with Gasteiger partial charge in [-0.1, -0.05) is 72.9 Å². The zero-order valence-corrected chi connectivity index (χ0v) is 20.9. The van der Waals surface area contributed by atoms with E-state index in [1.165, 1.54) is 17.7 Å². The molecule has 2 rings (SSSR count). The molecule has 1 fully saturated rings. The average molecular weight is 465 g/mol. The van der Waals surface area contributed by atoms with Gasteiger partial charge in [-0.3, -0.25) is 24.1 Å². The maximum Gasteiger partial charge on any atom is 0.320 e. The SMILES string of the molecule is CC.CC(C)C(=O)OCc1ccc(NOC=O)cc1.CCCCCCN1C(=O)CC(C)C1=O. The van der Waals surface area contributed by atoms with Crippen LogP contribution >= 0.6 is 0 Å². The number of unbranched alkanes of at least 4 members (excludes halogenated alkanes) is 3. The smallest absolute Gasteiger partial charge is 0.320 e. The fourth-order valence-electron chi connectivity index (χ4n) is 2.86. The molecule has 0 aliphatic carbocycles. The van der Waals surface area contributed by atoms with E-state index in [4.69, 9.17) is 4.74 Å². The zero-order valence-electron chi connectivity index (χ0n) is 20.9. The number of nitrogens with zero attached hydrogens (tertiary/aromatic N) is 1. The second-order valence-electron chi connectivity index (χ2n) is 7.82. The first-order valence-electron chi connectivity index (χ1n) is 11.7. The van der Waals surface area contributed by atoms with Crippen molar-refractivity contribution in [1.29, 1.82) is 0 Å². The van der Waals surface area contributed by atoms with E-state index in [0.717, 1.165) is 18.4 Å². The highest BCUT2D eigenvalue weighted by Crippen LogP contribution is 2.19. The van der Waals surface area contributed by atoms with E-state index in [0.29, 0.717) is 25.1 Å². The number of nitrogens with one attached hydrogen (secondary N) is 1. The van der Waals surface area contributed by atoms with Crippen LogP contribution in [0.1, 0.15) is 79.2 Å². The van der Waals surface area contributed by atoms with Crippen LogP contribution in [-0.2, 0) is 35.4 Å². The van der Waals surface area contributed by atoms with Gasteiger partial charge in [0.05, 0.1) is 11.6 Å². The first-order valence-corrected chi connectivity index (χ1v) is 11.7. The molecule has 1 aliphatic rings. The van der Waals surface area contributed by atoms with Gasteiger partial charge < -0.3 is 9.57 Å². The van der Waals surface area contributed by atoms with E-state index in [1.54, 1.807) is 38.1 Å². The van der Waals surface area contributed by atoms with Crippen LogP contribution in [0.2, 0.25) is 0 Å². The number of imide groups is 1. The Balaban J connectivity index is 0.000000586. The Kier molecular flexibility index (Phi) is 16.1. The Morgan fingerprint density at radius 1 is 1.15 bits per heavy atom. The maximum atomic E-state index is 11.5. The molecule has 0 bridgehead atoms. The lowest BCUT2D eigenvalue weighted by Gasteiger charge is -2.13. The maximum absolute atomic E-state index is 11.5. The van der Waals surface area contributed by atoms with E-state index in [-0.39, 0.29) is 36.2 Å². The summed E-state index contributed by atoms with van der Waals surface area (Å²) in [5.74, 6) is -0.410. The molecule has 1 saturated heterocycles. The van der Waals surface area contributed by atoms with Crippen LogP contribution in [0.4, 0.5) is 5.69 Å². The lowest BCUT2D eigenvalue weighted by atomic mass is 10.1. The number of likely N-dealkylation sites (tertiary alicyclic amines) is 1. The summed E-state index contributed by atoms with van der Waals surface area (Å²) in [6, 6.07) is 7.01. The summed E-state index contributed by atoms with van der Waals surface area (Å²) >= 11 is 0. The summed E-state index contributed by atoms with van der Waals surface area (Å²) in [4.78, 5) is 49.8. The number of rotatable bonds is 11. The zero-order chi connectivity index (χ0) is 25.2. The standard InChI is InChI=1S/C12H15NO4.C11H19NO2.C2H6/c1-9(2)12(15)16-7-10-3-5-11(6-4-10)13-17-8-14;1-3-4-5-6-7-12-10(13)8-9(2)11(12)14;1-2/h3-6,8-9,13H,7H2,1-2H3;9H,3-8H2,1-2H3;1-2H3. The van der Waals surface area contributed by atoms with Gasteiger partial charge >= 0.3 is 12.4 Å². The summed E-state index contributed by atoms with van der Waals surface area (Å²) in [6.07, 6.45) is 4.84. The van der Waals surface area contributed by atoms with Crippen LogP contribution in [-0.4, -0.2) is 35.7 Å². The van der Waals surface area contributed by atoms with Crippen LogP contribution in [0, 0.1) is 11.8 Å². The molecule has 0 saturated carbocycles. The number of esters is 1. The number of carbonyl (C=O) groups is 4. The average Bonchev–Trinajstić information content (AvgIpc) is 3.06. The molecular formula is C25H40N2O6. The minimum absolute atomic E-state index is 0.0130. The Hall–Kier alpha value is -2.90. The van der Waals surface area contributed by atoms with Crippen LogP contribution in [0.3, 0.4) is 0 Å². The molecule has 8 heteroatoms. The molecule has 0 aromatic heterocycles. The third kappa shape index (κ3) is 12.1. The lowest BCUT2D eigenvalue weighted by molar-refractivity contribution is -0.148. The summed E-state index contributed by atoms with van der Waals surface area (Å²) in [7, 11) is 0. The Labute approximate surface area is 198 Å². The second-order valence-corrected chi connectivity index (χ2v) is 7.82. The van der Waals surface area contributed by atoms with Crippen molar-refractivity contribution in [3.05, 3.63) is 29.8 Å². The lowest BCUT2D eigenvalue weighted by Crippen LogP contribution is -2.31. The largest absolute Gasteiger partial charge is 0.461 e. The number of ether oxygens (including phenoxy) is 1. The molecule has 0 radical (unpaired) electrons. The molecule has 1 aliphatic heterocycles. The van der Waals surface area contributed by atoms with Crippen molar-refractivity contribution in [2.45, 2.75) is 80.3 Å². The van der Waals surface area contributed by atoms with Gasteiger partial charge in [-0.15, -0.1) is 0 Å². The molecular weight excluding hydrogens is 424 g/mol. The number of amides is 2. The third-order valence-corrected chi connectivity index (χ3v) is 4.74. The summed E-state index contributed by atoms with van der Waals surface area (Å²) in [5.41, 5.74) is 3.95. The Morgan fingerprint density at radius 2 is 1.79 bits per heavy atom. The monoisotopic (exact) mass is 464 g/mol. The molecule has 2 amide bonds. The van der Waals surface area contributed by atoms with Crippen LogP contribution in [0.15, 0.2) is 24.3 Å². The van der Waals surface area contributed by atoms with Gasteiger partial charge in [0.1, 0.15) is 6.61 Å². The van der Waals surface area contributed by atoms with Gasteiger partial charge in [0.25, 0.3) is 0 Å². The van der Waals surface area contributed by atoms with E-state index >= 15 is 0 Å². The number of hydrogen-bond acceptors (Lipinski definition) is 7. The molecule has 1 N–H and O–H groups in total. The predicted molar refractivity (Wildman–Crippen MR) is 128 cm³/mol. The normalized spacial score (nSPS) is 14.6. The molecule has 1 unspecified atom stereocenters. The van der Waals surface area contributed by atoms with Crippen molar-refractivity contribution in [2.24, 2.45) is 11.8 Å². The topological polar surface area (TPSA) is 102 Å². The minimum atomic E-state index is -0.225. The predicted octanol–water partition coefficient (Wildman–Crippen LogP) is 4.87. The van der Waals surface area contributed by atoms with Crippen LogP contribution in [0.25, 0.3) is 0 Å². The molecule has 186 valence electrons. The fourth-order valence-corrected chi connectivity index (χ4v) is 2.86. The molecule has 1 heterocycles. The van der Waals surface area contributed by atoms with Crippen LogP contribution < -0.4 is 5.48 Å². The first-order chi connectivity index (χ1) is 15.8. The van der Waals surface area contributed by atoms with Gasteiger partial charge in [0.15, 0.2) is 0 Å². The van der Waals surface area contributed by atoms with Crippen molar-refractivity contribution >= 4 is 29.9 Å². The molecule has 0 spiro atoms. The molecule has 8 nitrogen and oxygen atoms in total. The van der Waals surface area contributed by atoms with Gasteiger partial charge in [-0.2, -0.15) is 0 Å². The summed E-state index contributed by atoms with van der Waals surface area (Å²) in [6.45, 7) is 12.7. The van der Waals surface area contributed by atoms with E-state index in [9.17, 15) is 19.2 Å². The van der Waals surface area contributed by atoms with Crippen molar-refractivity contribution < 1.29 is 28.8 Å². The number of carbonyl (C=O) groups excluding carboxylic acids is 4. The fraction of sp³-hybridized carbons (Fsp3) is 0.600. The van der Waals surface area contributed by atoms with Crippen molar-refractivity contribution in [2.75, 3.05) is 12.0 Å². The van der Waals surface area contributed by atoms with Gasteiger partial charge in [0.2, 0.25) is 11.8 Å². The first kappa shape index (κ1) is 30.1. The molecule has 33 heavy (non-hydrogen) atoms. The summed E-state index contributed by atoms with van der Waals surface area (Å²) < 4.78 is 5.06. The Bertz CT molecular complexity index is 718. The number of anilines is 1. The highest BCUT2D eigenvalue weighted by Gasteiger charge is 2.34. The molecule has 1 aromatic carbocycles. The summed E-state index contributed by atoms with van der Waals surface area (Å²) in [5, 5.41) is 0. The van der Waals surface area contributed by atoms with E-state index < -0.39 is 0 Å². The van der Waals surface area contributed by atoms with Gasteiger partial charge in [-0.25, -0.2) is 5.48 Å². The minimum Gasteiger partial charge on any atom is -0.461 e. The Morgan fingerprint density at radius 3 is 2.27 bits per heavy atom. The quantitative estimate of drug-likeness (QED) is 0.164. The van der Waals surface area contributed by atoms with Gasteiger partial charge in [0, 0.05) is 18.9 Å². The van der Waals surface area contributed by atoms with E-state index in [2.05, 4.69) is 17.2 Å². The highest BCUT2D eigenvalue weighted by molar-refractivity contribution is 6.03. The molecule has 1 atom stereocenters. The van der Waals surface area contributed by atoms with E-state index in [1.807, 2.05) is 20.8 Å². The highest BCUT2D eigenvalue weighted by atomic mass is 16.7. The van der Waals surface area contributed by atoms with Crippen LogP contribution in [0.5, 0.6) is 0 Å². The van der Waals surface area contributed by atoms with Gasteiger partial charge in [-0.05, 0) is 24.1 Å². The van der Waals surface area contributed by atoms with Crippen molar-refractivity contribution in [3.63, 3.8) is 0 Å². The van der Waals surface area contributed by atoms with Crippen molar-refractivity contribution in [3.8, 4) is 0 Å². The third-order valence-electron chi connectivity index (χ3n) is 4.74. The van der Waals surface area contributed by atoms with Crippen molar-refractivity contribution in [1.82, 2.24) is 4.90 Å². The number of hydrogen-bond donors (Lipinski definition) is 1.